The van der Waals surface area contributed by atoms with Gasteiger partial charge >= 0.3 is 0 Å². The lowest BCUT2D eigenvalue weighted by Crippen LogP contribution is -2.17. The maximum atomic E-state index is 5.06. The van der Waals surface area contributed by atoms with E-state index >= 15 is 0 Å². The van der Waals surface area contributed by atoms with Crippen LogP contribution in [-0.4, -0.2) is 15.0 Å². The molecule has 5 heteroatoms. The normalized spacial score (nSPS) is 12.0. The quantitative estimate of drug-likeness (QED) is 0.191. The molecule has 0 radical (unpaired) electrons. The SMILES string of the molecule is c1ccc(-c2ccc(N3c4ccccc4Sc4ccccc43)c(Cc3nc(-c4ccccc4)nc(-c4ccccc4)n3)c2)cc1. The van der Waals surface area contributed by atoms with Crippen molar-refractivity contribution in [3.8, 4) is 33.9 Å². The van der Waals surface area contributed by atoms with Crippen LogP contribution >= 0.6 is 11.8 Å². The van der Waals surface area contributed by atoms with E-state index in [1.165, 1.54) is 26.7 Å². The Morgan fingerprint density at radius 1 is 0.422 bits per heavy atom. The van der Waals surface area contributed by atoms with Crippen LogP contribution in [0.5, 0.6) is 0 Å². The summed E-state index contributed by atoms with van der Waals surface area (Å²) in [7, 11) is 0. The molecule has 4 nitrogen and oxygen atoms in total. The fourth-order valence-corrected chi connectivity index (χ4v) is 6.88. The molecule has 2 heterocycles. The highest BCUT2D eigenvalue weighted by atomic mass is 32.2. The van der Waals surface area contributed by atoms with Gasteiger partial charge < -0.3 is 4.90 Å². The molecule has 7 aromatic rings. The minimum atomic E-state index is 0.534. The summed E-state index contributed by atoms with van der Waals surface area (Å²) in [5.41, 5.74) is 8.84. The number of anilines is 3. The molecule has 1 aliphatic rings. The van der Waals surface area contributed by atoms with Crippen LogP contribution in [0.1, 0.15) is 11.4 Å². The lowest BCUT2D eigenvalue weighted by Gasteiger charge is -2.34. The van der Waals surface area contributed by atoms with Crippen LogP contribution in [-0.2, 0) is 6.42 Å². The van der Waals surface area contributed by atoms with Crippen LogP contribution in [0.2, 0.25) is 0 Å². The van der Waals surface area contributed by atoms with Gasteiger partial charge in [0.15, 0.2) is 11.6 Å². The van der Waals surface area contributed by atoms with Gasteiger partial charge in [-0.15, -0.1) is 0 Å². The van der Waals surface area contributed by atoms with E-state index in [-0.39, 0.29) is 0 Å². The standard InChI is InChI=1S/C40H28N4S/c1-4-14-28(15-5-1)31-24-25-33(44-34-20-10-12-22-36(34)45-37-23-13-11-21-35(37)44)32(26-31)27-38-41-39(29-16-6-2-7-17-29)43-40(42-38)30-18-8-3-9-19-30/h1-26H,27H2. The highest BCUT2D eigenvalue weighted by Gasteiger charge is 2.26. The van der Waals surface area contributed by atoms with E-state index in [0.29, 0.717) is 18.1 Å². The number of para-hydroxylation sites is 2. The monoisotopic (exact) mass is 596 g/mol. The first kappa shape index (κ1) is 27.1. The molecule has 6 aromatic carbocycles. The average molecular weight is 597 g/mol. The maximum Gasteiger partial charge on any atom is 0.163 e. The Morgan fingerprint density at radius 3 is 1.47 bits per heavy atom. The van der Waals surface area contributed by atoms with Crippen molar-refractivity contribution >= 4 is 28.8 Å². The van der Waals surface area contributed by atoms with Crippen LogP contribution in [0.3, 0.4) is 0 Å². The third-order valence-electron chi connectivity index (χ3n) is 7.95. The molecular formula is C40H28N4S. The Bertz CT molecular complexity index is 2010. The summed E-state index contributed by atoms with van der Waals surface area (Å²) in [5.74, 6) is 2.07. The second kappa shape index (κ2) is 11.9. The number of aromatic nitrogens is 3. The van der Waals surface area contributed by atoms with Crippen LogP contribution in [0.25, 0.3) is 33.9 Å². The van der Waals surface area contributed by atoms with Gasteiger partial charge in [-0.05, 0) is 53.1 Å². The second-order valence-corrected chi connectivity index (χ2v) is 12.0. The molecule has 0 fully saturated rings. The number of benzene rings is 6. The van der Waals surface area contributed by atoms with Gasteiger partial charge in [0.1, 0.15) is 5.82 Å². The summed E-state index contributed by atoms with van der Waals surface area (Å²) in [6, 6.07) is 54.9. The van der Waals surface area contributed by atoms with E-state index in [9.17, 15) is 0 Å². The zero-order valence-corrected chi connectivity index (χ0v) is 25.2. The highest BCUT2D eigenvalue weighted by Crippen LogP contribution is 2.52. The van der Waals surface area contributed by atoms with Gasteiger partial charge in [-0.25, -0.2) is 15.0 Å². The molecule has 1 aliphatic heterocycles. The summed E-state index contributed by atoms with van der Waals surface area (Å²) >= 11 is 1.82. The van der Waals surface area contributed by atoms with E-state index < -0.39 is 0 Å². The van der Waals surface area contributed by atoms with Crippen molar-refractivity contribution in [2.75, 3.05) is 4.90 Å². The van der Waals surface area contributed by atoms with Crippen molar-refractivity contribution < 1.29 is 0 Å². The van der Waals surface area contributed by atoms with Gasteiger partial charge in [-0.1, -0.05) is 133 Å². The van der Waals surface area contributed by atoms with Crippen molar-refractivity contribution in [2.45, 2.75) is 16.2 Å². The fourth-order valence-electron chi connectivity index (χ4n) is 5.82. The minimum Gasteiger partial charge on any atom is -0.308 e. The molecule has 45 heavy (non-hydrogen) atoms. The van der Waals surface area contributed by atoms with E-state index in [4.69, 9.17) is 15.0 Å². The molecule has 0 aliphatic carbocycles. The number of hydrogen-bond acceptors (Lipinski definition) is 5. The first-order valence-electron chi connectivity index (χ1n) is 15.0. The summed E-state index contributed by atoms with van der Waals surface area (Å²) in [6.45, 7) is 0. The average Bonchev–Trinajstić information content (AvgIpc) is 3.12. The Balaban J connectivity index is 1.32. The molecule has 0 spiro atoms. The van der Waals surface area contributed by atoms with Gasteiger partial charge in [0, 0.05) is 33.0 Å². The Morgan fingerprint density at radius 2 is 0.911 bits per heavy atom. The molecule has 1 aromatic heterocycles. The number of rotatable bonds is 6. The lowest BCUT2D eigenvalue weighted by atomic mass is 9.98. The van der Waals surface area contributed by atoms with Gasteiger partial charge in [0.2, 0.25) is 0 Å². The number of nitrogens with zero attached hydrogens (tertiary/aromatic N) is 4. The van der Waals surface area contributed by atoms with Crippen molar-refractivity contribution in [1.29, 1.82) is 0 Å². The minimum absolute atomic E-state index is 0.534. The predicted molar refractivity (Wildman–Crippen MR) is 184 cm³/mol. The Kier molecular flexibility index (Phi) is 7.14. The second-order valence-electron chi connectivity index (χ2n) is 10.9. The molecule has 8 rings (SSSR count). The van der Waals surface area contributed by atoms with E-state index in [0.717, 1.165) is 33.8 Å². The Labute approximate surface area is 267 Å². The maximum absolute atomic E-state index is 5.06. The molecule has 0 N–H and O–H groups in total. The van der Waals surface area contributed by atoms with Gasteiger partial charge in [0.05, 0.1) is 11.4 Å². The molecular weight excluding hydrogens is 569 g/mol. The van der Waals surface area contributed by atoms with Gasteiger partial charge in [0.25, 0.3) is 0 Å². The highest BCUT2D eigenvalue weighted by molar-refractivity contribution is 7.99. The summed E-state index contributed by atoms with van der Waals surface area (Å²) in [4.78, 5) is 19.9. The van der Waals surface area contributed by atoms with Gasteiger partial charge in [-0.3, -0.25) is 0 Å². The van der Waals surface area contributed by atoms with E-state index in [2.05, 4.69) is 126 Å². The fraction of sp³-hybridized carbons (Fsp3) is 0.0250. The number of hydrogen-bond donors (Lipinski definition) is 0. The smallest absolute Gasteiger partial charge is 0.163 e. The molecule has 0 amide bonds. The summed E-state index contributed by atoms with van der Waals surface area (Å²) < 4.78 is 0. The number of fused-ring (bicyclic) bond motifs is 2. The zero-order chi connectivity index (χ0) is 30.0. The topological polar surface area (TPSA) is 41.9 Å². The van der Waals surface area contributed by atoms with Crippen molar-refractivity contribution in [3.63, 3.8) is 0 Å². The molecule has 0 atom stereocenters. The molecule has 0 saturated heterocycles. The molecule has 214 valence electrons. The van der Waals surface area contributed by atoms with Crippen molar-refractivity contribution in [1.82, 2.24) is 15.0 Å². The molecule has 0 unspecified atom stereocenters. The van der Waals surface area contributed by atoms with Crippen LogP contribution in [0.15, 0.2) is 168 Å². The van der Waals surface area contributed by atoms with E-state index in [1.807, 2.05) is 48.2 Å². The molecule has 0 bridgehead atoms. The first-order chi connectivity index (χ1) is 22.3. The molecule has 0 saturated carbocycles. The first-order valence-corrected chi connectivity index (χ1v) is 15.8. The lowest BCUT2D eigenvalue weighted by molar-refractivity contribution is 0.930. The third kappa shape index (κ3) is 5.39. The summed E-state index contributed by atoms with van der Waals surface area (Å²) in [5, 5.41) is 0. The third-order valence-corrected chi connectivity index (χ3v) is 9.08. The van der Waals surface area contributed by atoms with Crippen molar-refractivity contribution in [3.05, 3.63) is 169 Å². The Hall–Kier alpha value is -5.52. The van der Waals surface area contributed by atoms with Crippen LogP contribution in [0, 0.1) is 0 Å². The van der Waals surface area contributed by atoms with Crippen LogP contribution < -0.4 is 4.90 Å². The summed E-state index contributed by atoms with van der Waals surface area (Å²) in [6.07, 6.45) is 0.534. The van der Waals surface area contributed by atoms with E-state index in [1.54, 1.807) is 0 Å². The predicted octanol–water partition coefficient (Wildman–Crippen LogP) is 10.4. The van der Waals surface area contributed by atoms with Gasteiger partial charge in [-0.2, -0.15) is 0 Å². The zero-order valence-electron chi connectivity index (χ0n) is 24.4. The van der Waals surface area contributed by atoms with Crippen molar-refractivity contribution in [2.24, 2.45) is 0 Å². The largest absolute Gasteiger partial charge is 0.308 e. The van der Waals surface area contributed by atoms with Crippen LogP contribution in [0.4, 0.5) is 17.1 Å².